The average molecular weight is 516 g/mol. The molecule has 2 N–H and O–H groups in total. The van der Waals surface area contributed by atoms with Gasteiger partial charge in [0.25, 0.3) is 0 Å². The zero-order valence-corrected chi connectivity index (χ0v) is 19.2. The molecule has 0 aromatic heterocycles. The molecule has 1 aromatic rings. The summed E-state index contributed by atoms with van der Waals surface area (Å²) in [4.78, 5) is 5.95. The minimum atomic E-state index is -3.68. The molecule has 0 bridgehead atoms. The summed E-state index contributed by atoms with van der Waals surface area (Å²) in [6.45, 7) is 3.29. The Balaban J connectivity index is 0.00000676. The van der Waals surface area contributed by atoms with Gasteiger partial charge in [-0.1, -0.05) is 12.1 Å². The number of benzene rings is 1. The average Bonchev–Trinajstić information content (AvgIpc) is 2.60. The predicted octanol–water partition coefficient (Wildman–Crippen LogP) is 1.35. The Bertz CT molecular complexity index is 674. The monoisotopic (exact) mass is 516 g/mol. The summed E-state index contributed by atoms with van der Waals surface area (Å²) in [7, 11) is 1.64. The van der Waals surface area contributed by atoms with E-state index in [9.17, 15) is 12.8 Å². The molecular formula is C17H30FIN4O3S. The molecule has 156 valence electrons. The number of hydrogen-bond donors (Lipinski definition) is 2. The molecule has 0 unspecified atom stereocenters. The van der Waals surface area contributed by atoms with Crippen molar-refractivity contribution in [2.45, 2.75) is 11.3 Å². The Hall–Kier alpha value is -0.980. The van der Waals surface area contributed by atoms with E-state index in [1.54, 1.807) is 14.2 Å². The fraction of sp³-hybridized carbons (Fsp3) is 0.588. The van der Waals surface area contributed by atoms with Crippen LogP contribution in [-0.4, -0.2) is 79.0 Å². The summed E-state index contributed by atoms with van der Waals surface area (Å²) in [5.41, 5.74) is 0. The topological polar surface area (TPSA) is 83.0 Å². The van der Waals surface area contributed by atoms with E-state index < -0.39 is 15.7 Å². The van der Waals surface area contributed by atoms with E-state index in [1.807, 2.05) is 7.05 Å². The van der Waals surface area contributed by atoms with Crippen molar-refractivity contribution in [1.82, 2.24) is 15.5 Å². The summed E-state index contributed by atoms with van der Waals surface area (Å²) in [5.74, 6) is -0.434. The van der Waals surface area contributed by atoms with Crippen molar-refractivity contribution in [3.05, 3.63) is 30.1 Å². The quantitative estimate of drug-likeness (QED) is 0.200. The van der Waals surface area contributed by atoms with Gasteiger partial charge in [-0.25, -0.2) is 12.8 Å². The third kappa shape index (κ3) is 10.2. The number of ether oxygens (including phenoxy) is 1. The molecule has 0 heterocycles. The highest BCUT2D eigenvalue weighted by Gasteiger charge is 2.18. The molecule has 0 aliphatic heterocycles. The lowest BCUT2D eigenvalue weighted by atomic mass is 10.3. The number of hydrogen-bond acceptors (Lipinski definition) is 5. The molecule has 0 spiro atoms. The van der Waals surface area contributed by atoms with E-state index in [0.717, 1.165) is 32.2 Å². The molecular weight excluding hydrogens is 486 g/mol. The molecule has 0 aliphatic carbocycles. The highest BCUT2D eigenvalue weighted by atomic mass is 127. The van der Waals surface area contributed by atoms with Crippen molar-refractivity contribution in [2.24, 2.45) is 4.99 Å². The van der Waals surface area contributed by atoms with Crippen LogP contribution >= 0.6 is 24.0 Å². The van der Waals surface area contributed by atoms with Crippen LogP contribution in [0.3, 0.4) is 0 Å². The van der Waals surface area contributed by atoms with Gasteiger partial charge in [0, 0.05) is 46.9 Å². The van der Waals surface area contributed by atoms with Crippen LogP contribution in [0.5, 0.6) is 0 Å². The first-order chi connectivity index (χ1) is 12.4. The van der Waals surface area contributed by atoms with Crippen LogP contribution in [0.4, 0.5) is 4.39 Å². The van der Waals surface area contributed by atoms with E-state index in [2.05, 4.69) is 20.5 Å². The number of nitrogens with zero attached hydrogens (tertiary/aromatic N) is 2. The Morgan fingerprint density at radius 1 is 1.22 bits per heavy atom. The van der Waals surface area contributed by atoms with Gasteiger partial charge in [-0.15, -0.1) is 24.0 Å². The molecule has 1 rings (SSSR count). The van der Waals surface area contributed by atoms with Gasteiger partial charge in [0.2, 0.25) is 0 Å². The number of methoxy groups -OCH3 is 1. The van der Waals surface area contributed by atoms with Crippen molar-refractivity contribution in [3.63, 3.8) is 0 Å². The second-order valence-corrected chi connectivity index (χ2v) is 7.90. The summed E-state index contributed by atoms with van der Waals surface area (Å²) in [6, 6.07) is 5.39. The van der Waals surface area contributed by atoms with E-state index in [1.165, 1.54) is 18.2 Å². The van der Waals surface area contributed by atoms with Crippen LogP contribution in [0.2, 0.25) is 0 Å². The maximum Gasteiger partial charge on any atom is 0.191 e. The van der Waals surface area contributed by atoms with Gasteiger partial charge in [-0.3, -0.25) is 4.99 Å². The zero-order valence-electron chi connectivity index (χ0n) is 16.1. The minimum Gasteiger partial charge on any atom is -0.385 e. The van der Waals surface area contributed by atoms with Crippen LogP contribution in [0.1, 0.15) is 6.42 Å². The maximum atomic E-state index is 13.6. The molecule has 27 heavy (non-hydrogen) atoms. The lowest BCUT2D eigenvalue weighted by molar-refractivity contribution is 0.180. The van der Waals surface area contributed by atoms with Crippen LogP contribution in [-0.2, 0) is 14.6 Å². The van der Waals surface area contributed by atoms with Crippen molar-refractivity contribution >= 4 is 39.8 Å². The van der Waals surface area contributed by atoms with E-state index in [0.29, 0.717) is 12.5 Å². The molecule has 1 aromatic carbocycles. The largest absolute Gasteiger partial charge is 0.385 e. The Kier molecular flexibility index (Phi) is 13.6. The van der Waals surface area contributed by atoms with Crippen LogP contribution < -0.4 is 10.6 Å². The van der Waals surface area contributed by atoms with Gasteiger partial charge < -0.3 is 20.3 Å². The van der Waals surface area contributed by atoms with Crippen LogP contribution in [0, 0.1) is 5.82 Å². The predicted molar refractivity (Wildman–Crippen MR) is 117 cm³/mol. The second-order valence-electron chi connectivity index (χ2n) is 5.82. The lowest BCUT2D eigenvalue weighted by Gasteiger charge is -2.18. The highest BCUT2D eigenvalue weighted by molar-refractivity contribution is 14.0. The van der Waals surface area contributed by atoms with E-state index in [-0.39, 0.29) is 41.2 Å². The fourth-order valence-corrected chi connectivity index (χ4v) is 3.53. The number of nitrogens with one attached hydrogen (secondary N) is 2. The number of aliphatic imine (C=N–C) groups is 1. The number of halogens is 2. The second kappa shape index (κ2) is 14.1. The number of guanidine groups is 1. The Morgan fingerprint density at radius 3 is 2.52 bits per heavy atom. The number of likely N-dealkylation sites (N-methyl/N-ethyl adjacent to an activating group) is 1. The Morgan fingerprint density at radius 2 is 1.89 bits per heavy atom. The van der Waals surface area contributed by atoms with Gasteiger partial charge >= 0.3 is 0 Å². The van der Waals surface area contributed by atoms with Gasteiger partial charge in [-0.05, 0) is 25.6 Å². The number of sulfone groups is 1. The molecule has 0 fully saturated rings. The molecule has 0 saturated heterocycles. The normalized spacial score (nSPS) is 12.0. The first-order valence-electron chi connectivity index (χ1n) is 8.50. The van der Waals surface area contributed by atoms with Crippen molar-refractivity contribution in [2.75, 3.05) is 59.7 Å². The molecule has 10 heteroatoms. The zero-order chi connectivity index (χ0) is 19.4. The molecule has 7 nitrogen and oxygen atoms in total. The third-order valence-electron chi connectivity index (χ3n) is 3.73. The Labute approximate surface area is 178 Å². The molecule has 0 amide bonds. The number of rotatable bonds is 11. The van der Waals surface area contributed by atoms with E-state index in [4.69, 9.17) is 4.74 Å². The van der Waals surface area contributed by atoms with Gasteiger partial charge in [0.05, 0.1) is 5.75 Å². The highest BCUT2D eigenvalue weighted by Crippen LogP contribution is 2.14. The minimum absolute atomic E-state index is 0. The molecule has 0 aliphatic rings. The maximum absolute atomic E-state index is 13.6. The van der Waals surface area contributed by atoms with Crippen molar-refractivity contribution in [1.29, 1.82) is 0 Å². The van der Waals surface area contributed by atoms with Crippen molar-refractivity contribution in [3.8, 4) is 0 Å². The summed E-state index contributed by atoms with van der Waals surface area (Å²) in [6.07, 6.45) is 0.966. The van der Waals surface area contributed by atoms with Gasteiger partial charge in [0.15, 0.2) is 15.8 Å². The standard InChI is InChI=1S/C17H29FN4O3S.HI/c1-19-17(20-9-12-22(2)11-6-13-25-3)21-10-14-26(23,24)16-8-5-4-7-15(16)18;/h4-5,7-8H,6,9-14H2,1-3H3,(H2,19,20,21);1H. The lowest BCUT2D eigenvalue weighted by Crippen LogP contribution is -2.42. The molecule has 0 saturated carbocycles. The fourth-order valence-electron chi connectivity index (χ4n) is 2.29. The van der Waals surface area contributed by atoms with Gasteiger partial charge in [-0.2, -0.15) is 0 Å². The van der Waals surface area contributed by atoms with Gasteiger partial charge in [0.1, 0.15) is 10.7 Å². The first-order valence-corrected chi connectivity index (χ1v) is 10.1. The summed E-state index contributed by atoms with van der Waals surface area (Å²) in [5, 5.41) is 6.06. The molecule has 0 atom stereocenters. The first kappa shape index (κ1) is 26.0. The third-order valence-corrected chi connectivity index (χ3v) is 5.48. The summed E-state index contributed by atoms with van der Waals surface area (Å²) < 4.78 is 43.1. The smallest absolute Gasteiger partial charge is 0.191 e. The van der Waals surface area contributed by atoms with Crippen LogP contribution in [0.25, 0.3) is 0 Å². The SMILES string of the molecule is CN=C(NCCN(C)CCCOC)NCCS(=O)(=O)c1ccccc1F.I. The van der Waals surface area contributed by atoms with Crippen LogP contribution in [0.15, 0.2) is 34.2 Å². The summed E-state index contributed by atoms with van der Waals surface area (Å²) >= 11 is 0. The molecule has 0 radical (unpaired) electrons. The van der Waals surface area contributed by atoms with Crippen molar-refractivity contribution < 1.29 is 17.5 Å². The van der Waals surface area contributed by atoms with E-state index >= 15 is 0 Å².